The van der Waals surface area contributed by atoms with E-state index in [1.165, 1.54) is 25.7 Å². The predicted octanol–water partition coefficient (Wildman–Crippen LogP) is 0.921. The summed E-state index contributed by atoms with van der Waals surface area (Å²) in [6, 6.07) is 0. The summed E-state index contributed by atoms with van der Waals surface area (Å²) in [6.07, 6.45) is 8.13. The molecular weight excluding hydrogens is 360 g/mol. The molecule has 0 bridgehead atoms. The van der Waals surface area contributed by atoms with Crippen LogP contribution in [0.1, 0.15) is 44.9 Å². The highest BCUT2D eigenvalue weighted by atomic mass is 32.2. The minimum absolute atomic E-state index is 0.0585. The first kappa shape index (κ1) is 21.1. The van der Waals surface area contributed by atoms with Gasteiger partial charge in [0.15, 0.2) is 0 Å². The first-order chi connectivity index (χ1) is 12.3. The van der Waals surface area contributed by atoms with Crippen LogP contribution < -0.4 is 0 Å². The van der Waals surface area contributed by atoms with Crippen LogP contribution in [0.3, 0.4) is 0 Å². The van der Waals surface area contributed by atoms with Gasteiger partial charge in [0.1, 0.15) is 6.54 Å². The summed E-state index contributed by atoms with van der Waals surface area (Å²) in [6.45, 7) is 0.471. The van der Waals surface area contributed by atoms with Crippen molar-refractivity contribution in [1.82, 2.24) is 9.21 Å². The average molecular weight is 391 g/mol. The van der Waals surface area contributed by atoms with Crippen molar-refractivity contribution < 1.29 is 27.9 Å². The molecule has 1 aliphatic carbocycles. The fourth-order valence-electron chi connectivity index (χ4n) is 3.75. The number of carboxylic acid groups (broad SMARTS) is 1. The second-order valence-corrected chi connectivity index (χ2v) is 9.31. The molecule has 9 heteroatoms. The highest BCUT2D eigenvalue weighted by Crippen LogP contribution is 2.29. The van der Waals surface area contributed by atoms with E-state index in [-0.39, 0.29) is 12.5 Å². The fraction of sp³-hybridized carbons (Fsp3) is 0.882. The zero-order chi connectivity index (χ0) is 19.2. The van der Waals surface area contributed by atoms with Crippen LogP contribution in [0.15, 0.2) is 0 Å². The van der Waals surface area contributed by atoms with Crippen LogP contribution in [0.5, 0.6) is 0 Å². The van der Waals surface area contributed by atoms with Crippen molar-refractivity contribution in [2.75, 3.05) is 39.0 Å². The van der Waals surface area contributed by atoms with Gasteiger partial charge < -0.3 is 14.7 Å². The topological polar surface area (TPSA) is 104 Å². The number of rotatable bonds is 9. The van der Waals surface area contributed by atoms with E-state index in [2.05, 4.69) is 0 Å². The molecule has 2 fully saturated rings. The molecule has 1 unspecified atom stereocenters. The Kier molecular flexibility index (Phi) is 7.85. The van der Waals surface area contributed by atoms with Crippen molar-refractivity contribution >= 4 is 21.9 Å². The van der Waals surface area contributed by atoms with Gasteiger partial charge in [-0.3, -0.25) is 9.59 Å². The molecule has 1 saturated heterocycles. The zero-order valence-corrected chi connectivity index (χ0v) is 16.2. The number of morpholine rings is 1. The maximum absolute atomic E-state index is 12.4. The number of ether oxygens (including phenoxy) is 1. The summed E-state index contributed by atoms with van der Waals surface area (Å²) >= 11 is 0. The van der Waals surface area contributed by atoms with Crippen molar-refractivity contribution in [1.29, 1.82) is 0 Å². The van der Waals surface area contributed by atoms with Gasteiger partial charge in [-0.2, -0.15) is 4.31 Å². The number of amides is 1. The summed E-state index contributed by atoms with van der Waals surface area (Å²) < 4.78 is 29.9. The Balaban J connectivity index is 1.80. The van der Waals surface area contributed by atoms with Gasteiger partial charge in [-0.15, -0.1) is 0 Å². The van der Waals surface area contributed by atoms with E-state index in [1.807, 2.05) is 0 Å². The molecule has 2 rings (SSSR count). The van der Waals surface area contributed by atoms with Crippen molar-refractivity contribution in [3.8, 4) is 0 Å². The van der Waals surface area contributed by atoms with Gasteiger partial charge in [-0.25, -0.2) is 8.42 Å². The van der Waals surface area contributed by atoms with Crippen molar-refractivity contribution in [2.24, 2.45) is 5.92 Å². The van der Waals surface area contributed by atoms with E-state index in [1.54, 1.807) is 4.90 Å². The van der Waals surface area contributed by atoms with E-state index in [9.17, 15) is 18.0 Å². The molecule has 150 valence electrons. The Labute approximate surface area is 155 Å². The number of aliphatic carboxylic acids is 1. The normalized spacial score (nSPS) is 22.1. The Morgan fingerprint density at radius 1 is 1.27 bits per heavy atom. The molecule has 0 aromatic rings. The fourth-order valence-corrected chi connectivity index (χ4v) is 4.53. The predicted molar refractivity (Wildman–Crippen MR) is 96.2 cm³/mol. The lowest BCUT2D eigenvalue weighted by Gasteiger charge is -2.35. The van der Waals surface area contributed by atoms with Gasteiger partial charge in [0.25, 0.3) is 0 Å². The van der Waals surface area contributed by atoms with Crippen LogP contribution in [-0.2, 0) is 24.3 Å². The highest BCUT2D eigenvalue weighted by Gasteiger charge is 2.29. The smallest absolute Gasteiger partial charge is 0.318 e. The van der Waals surface area contributed by atoms with Gasteiger partial charge >= 0.3 is 5.97 Å². The lowest BCUT2D eigenvalue weighted by Crippen LogP contribution is -2.51. The first-order valence-corrected chi connectivity index (χ1v) is 11.2. The monoisotopic (exact) mass is 390 g/mol. The molecule has 0 spiro atoms. The van der Waals surface area contributed by atoms with Crippen molar-refractivity contribution in [2.45, 2.75) is 51.0 Å². The van der Waals surface area contributed by atoms with Crippen LogP contribution >= 0.6 is 0 Å². The summed E-state index contributed by atoms with van der Waals surface area (Å²) in [5, 5.41) is 8.89. The largest absolute Gasteiger partial charge is 0.480 e. The molecule has 1 atom stereocenters. The van der Waals surface area contributed by atoms with Crippen LogP contribution in [0.25, 0.3) is 0 Å². The summed E-state index contributed by atoms with van der Waals surface area (Å²) in [5.74, 6) is -0.383. The van der Waals surface area contributed by atoms with Crippen LogP contribution in [0, 0.1) is 5.92 Å². The van der Waals surface area contributed by atoms with E-state index < -0.39 is 28.6 Å². The molecule has 1 amide bonds. The zero-order valence-electron chi connectivity index (χ0n) is 15.4. The third-order valence-electron chi connectivity index (χ3n) is 5.16. The van der Waals surface area contributed by atoms with E-state index >= 15 is 0 Å². The third kappa shape index (κ3) is 6.85. The summed E-state index contributed by atoms with van der Waals surface area (Å²) in [5.41, 5.74) is 0. The first-order valence-electron chi connectivity index (χ1n) is 9.32. The molecule has 2 aliphatic rings. The minimum Gasteiger partial charge on any atom is -0.480 e. The van der Waals surface area contributed by atoms with Crippen molar-refractivity contribution in [3.63, 3.8) is 0 Å². The van der Waals surface area contributed by atoms with Gasteiger partial charge in [0, 0.05) is 26.1 Å². The molecule has 26 heavy (non-hydrogen) atoms. The standard InChI is InChI=1S/C17H30N2O6S/c1-26(23,24)19(13-17(21)22)12-15-11-18(9-10-25-15)16(20)8-4-7-14-5-2-3-6-14/h14-15H,2-13H2,1H3,(H,21,22). The maximum Gasteiger partial charge on any atom is 0.318 e. The second-order valence-electron chi connectivity index (χ2n) is 7.32. The van der Waals surface area contributed by atoms with Crippen LogP contribution in [0.2, 0.25) is 0 Å². The number of carboxylic acids is 1. The average Bonchev–Trinajstić information content (AvgIpc) is 3.06. The molecular formula is C17H30N2O6S. The van der Waals surface area contributed by atoms with E-state index in [0.717, 1.165) is 29.3 Å². The molecule has 1 aliphatic heterocycles. The Morgan fingerprint density at radius 3 is 2.58 bits per heavy atom. The van der Waals surface area contributed by atoms with E-state index in [4.69, 9.17) is 9.84 Å². The molecule has 1 heterocycles. The molecule has 1 saturated carbocycles. The number of carbonyl (C=O) groups excluding carboxylic acids is 1. The molecule has 8 nitrogen and oxygen atoms in total. The van der Waals surface area contributed by atoms with Gasteiger partial charge in [0.2, 0.25) is 15.9 Å². The molecule has 0 aromatic heterocycles. The minimum atomic E-state index is -3.65. The van der Waals surface area contributed by atoms with E-state index in [0.29, 0.717) is 26.1 Å². The maximum atomic E-state index is 12.4. The number of sulfonamides is 1. The number of carbonyl (C=O) groups is 2. The lowest BCUT2D eigenvalue weighted by atomic mass is 10.0. The Morgan fingerprint density at radius 2 is 1.96 bits per heavy atom. The number of hydrogen-bond acceptors (Lipinski definition) is 5. The third-order valence-corrected chi connectivity index (χ3v) is 6.37. The second kappa shape index (κ2) is 9.66. The Hall–Kier alpha value is -1.19. The molecule has 0 aromatic carbocycles. The summed E-state index contributed by atoms with van der Waals surface area (Å²) in [7, 11) is -3.65. The van der Waals surface area contributed by atoms with Gasteiger partial charge in [-0.05, 0) is 18.8 Å². The quantitative estimate of drug-likeness (QED) is 0.628. The molecule has 0 radical (unpaired) electrons. The van der Waals surface area contributed by atoms with Crippen LogP contribution in [-0.4, -0.2) is 79.8 Å². The van der Waals surface area contributed by atoms with Gasteiger partial charge in [0.05, 0.1) is 19.0 Å². The van der Waals surface area contributed by atoms with Crippen molar-refractivity contribution in [3.05, 3.63) is 0 Å². The molecule has 1 N–H and O–H groups in total. The van der Waals surface area contributed by atoms with Crippen LogP contribution in [0.4, 0.5) is 0 Å². The lowest BCUT2D eigenvalue weighted by molar-refractivity contribution is -0.141. The van der Waals surface area contributed by atoms with Gasteiger partial charge in [-0.1, -0.05) is 25.7 Å². The number of hydrogen-bond donors (Lipinski definition) is 1. The summed E-state index contributed by atoms with van der Waals surface area (Å²) in [4.78, 5) is 25.0. The Bertz CT molecular complexity index is 588. The SMILES string of the molecule is CS(=O)(=O)N(CC(=O)O)CC1CN(C(=O)CCCC2CCCC2)CCO1. The highest BCUT2D eigenvalue weighted by molar-refractivity contribution is 7.88. The number of nitrogens with zero attached hydrogens (tertiary/aromatic N) is 2.